The molecular formula is C12H20N4O2S. The number of hydrogen-bond acceptors (Lipinski definition) is 4. The minimum Gasteiger partial charge on any atom is -0.316 e. The zero-order valence-corrected chi connectivity index (χ0v) is 11.8. The lowest BCUT2D eigenvalue weighted by molar-refractivity contribution is 0.389. The van der Waals surface area contributed by atoms with Crippen molar-refractivity contribution in [2.45, 2.75) is 43.3 Å². The molecule has 3 rings (SSSR count). The lowest BCUT2D eigenvalue weighted by atomic mass is 9.96. The molecule has 19 heavy (non-hydrogen) atoms. The van der Waals surface area contributed by atoms with Gasteiger partial charge < -0.3 is 5.32 Å². The summed E-state index contributed by atoms with van der Waals surface area (Å²) in [5.74, 6) is 1.24. The molecule has 2 fully saturated rings. The van der Waals surface area contributed by atoms with Crippen LogP contribution in [-0.4, -0.2) is 31.7 Å². The van der Waals surface area contributed by atoms with E-state index >= 15 is 0 Å². The second-order valence-corrected chi connectivity index (χ2v) is 7.31. The summed E-state index contributed by atoms with van der Waals surface area (Å²) in [6.07, 6.45) is 6.15. The molecule has 0 saturated heterocycles. The Labute approximate surface area is 113 Å². The van der Waals surface area contributed by atoms with Gasteiger partial charge in [-0.15, -0.1) is 0 Å². The highest BCUT2D eigenvalue weighted by Gasteiger charge is 2.41. The van der Waals surface area contributed by atoms with Crippen molar-refractivity contribution in [1.82, 2.24) is 20.2 Å². The number of fused-ring (bicyclic) bond motifs is 2. The molecule has 3 unspecified atom stereocenters. The van der Waals surface area contributed by atoms with E-state index in [0.717, 1.165) is 18.8 Å². The predicted octanol–water partition coefficient (Wildman–Crippen LogP) is 0.596. The van der Waals surface area contributed by atoms with Crippen molar-refractivity contribution in [3.8, 4) is 0 Å². The topological polar surface area (TPSA) is 86.9 Å². The summed E-state index contributed by atoms with van der Waals surface area (Å²) in [6.45, 7) is 0.490. The Kier molecular flexibility index (Phi) is 3.36. The molecule has 2 bridgehead atoms. The molecule has 0 amide bonds. The van der Waals surface area contributed by atoms with Gasteiger partial charge in [0.2, 0.25) is 0 Å². The third-order valence-corrected chi connectivity index (χ3v) is 5.86. The van der Waals surface area contributed by atoms with Crippen molar-refractivity contribution >= 4 is 10.0 Å². The van der Waals surface area contributed by atoms with E-state index < -0.39 is 10.0 Å². The highest BCUT2D eigenvalue weighted by molar-refractivity contribution is 7.89. The summed E-state index contributed by atoms with van der Waals surface area (Å²) in [5, 5.41) is 9.60. The Morgan fingerprint density at radius 1 is 1.42 bits per heavy atom. The van der Waals surface area contributed by atoms with Gasteiger partial charge in [0.25, 0.3) is 10.0 Å². The maximum Gasteiger partial charge on any atom is 0.258 e. The molecule has 0 aliphatic heterocycles. The average molecular weight is 284 g/mol. The van der Waals surface area contributed by atoms with Crippen molar-refractivity contribution in [1.29, 1.82) is 0 Å². The van der Waals surface area contributed by atoms with Crippen LogP contribution in [0.2, 0.25) is 0 Å². The molecule has 0 radical (unpaired) electrons. The van der Waals surface area contributed by atoms with Crippen LogP contribution in [0.25, 0.3) is 0 Å². The lowest BCUT2D eigenvalue weighted by Crippen LogP contribution is -2.39. The highest BCUT2D eigenvalue weighted by Crippen LogP contribution is 2.44. The van der Waals surface area contributed by atoms with Crippen LogP contribution in [-0.2, 0) is 16.6 Å². The van der Waals surface area contributed by atoms with E-state index in [1.54, 1.807) is 13.2 Å². The first-order chi connectivity index (χ1) is 9.10. The molecule has 1 aromatic rings. The summed E-state index contributed by atoms with van der Waals surface area (Å²) in [5.41, 5.74) is 0.679. The van der Waals surface area contributed by atoms with E-state index in [-0.39, 0.29) is 11.1 Å². The molecule has 7 heteroatoms. The fraction of sp³-hybridized carbons (Fsp3) is 0.750. The van der Waals surface area contributed by atoms with Gasteiger partial charge in [-0.25, -0.2) is 13.1 Å². The van der Waals surface area contributed by atoms with Crippen molar-refractivity contribution in [3.63, 3.8) is 0 Å². The molecule has 0 spiro atoms. The van der Waals surface area contributed by atoms with Crippen molar-refractivity contribution in [3.05, 3.63) is 11.8 Å². The first kappa shape index (κ1) is 13.1. The third kappa shape index (κ3) is 2.42. The molecule has 2 aliphatic rings. The fourth-order valence-corrected chi connectivity index (χ4v) is 4.94. The summed E-state index contributed by atoms with van der Waals surface area (Å²) >= 11 is 0. The maximum absolute atomic E-state index is 12.4. The summed E-state index contributed by atoms with van der Waals surface area (Å²) in [6, 6.07) is 0.106. The number of hydrogen-bond donors (Lipinski definition) is 3. The van der Waals surface area contributed by atoms with Crippen LogP contribution in [0.15, 0.2) is 11.2 Å². The Hall–Kier alpha value is -0.920. The van der Waals surface area contributed by atoms with E-state index in [4.69, 9.17) is 0 Å². The van der Waals surface area contributed by atoms with Gasteiger partial charge in [0.05, 0.1) is 6.20 Å². The SMILES string of the molecule is CNCc1cn[nH]c1S(=O)(=O)NC1CC2CCC1C2. The van der Waals surface area contributed by atoms with Gasteiger partial charge in [-0.2, -0.15) is 5.10 Å². The molecule has 2 saturated carbocycles. The molecule has 2 aliphatic carbocycles. The number of H-pyrrole nitrogens is 1. The maximum atomic E-state index is 12.4. The standard InChI is InChI=1S/C12H20N4O2S/c1-13-6-10-7-14-15-12(10)19(17,18)16-11-5-8-2-3-9(11)4-8/h7-9,11,13,16H,2-6H2,1H3,(H,14,15). The summed E-state index contributed by atoms with van der Waals surface area (Å²) in [7, 11) is -1.70. The number of aromatic amines is 1. The van der Waals surface area contributed by atoms with Crippen LogP contribution in [0.3, 0.4) is 0 Å². The third-order valence-electron chi connectivity index (χ3n) is 4.36. The Morgan fingerprint density at radius 3 is 2.89 bits per heavy atom. The number of nitrogens with zero attached hydrogens (tertiary/aromatic N) is 1. The summed E-state index contributed by atoms with van der Waals surface area (Å²) < 4.78 is 27.7. The second kappa shape index (κ2) is 4.88. The fourth-order valence-electron chi connectivity index (χ4n) is 3.50. The van der Waals surface area contributed by atoms with E-state index in [1.807, 2.05) is 0 Å². The first-order valence-electron chi connectivity index (χ1n) is 6.79. The van der Waals surface area contributed by atoms with Gasteiger partial charge in [0.1, 0.15) is 0 Å². The number of nitrogens with one attached hydrogen (secondary N) is 3. The minimum atomic E-state index is -3.48. The summed E-state index contributed by atoms with van der Waals surface area (Å²) in [4.78, 5) is 0. The molecule has 1 aromatic heterocycles. The Balaban J connectivity index is 1.77. The molecule has 3 N–H and O–H groups in total. The minimum absolute atomic E-state index is 0.106. The van der Waals surface area contributed by atoms with E-state index in [9.17, 15) is 8.42 Å². The van der Waals surface area contributed by atoms with Gasteiger partial charge in [-0.3, -0.25) is 5.10 Å². The van der Waals surface area contributed by atoms with Crippen LogP contribution in [0, 0.1) is 11.8 Å². The van der Waals surface area contributed by atoms with Gasteiger partial charge >= 0.3 is 0 Å². The van der Waals surface area contributed by atoms with Crippen LogP contribution in [0.1, 0.15) is 31.2 Å². The largest absolute Gasteiger partial charge is 0.316 e. The first-order valence-corrected chi connectivity index (χ1v) is 8.27. The molecule has 1 heterocycles. The van der Waals surface area contributed by atoms with Crippen LogP contribution in [0.5, 0.6) is 0 Å². The normalized spacial score (nSPS) is 30.1. The molecule has 6 nitrogen and oxygen atoms in total. The van der Waals surface area contributed by atoms with Crippen molar-refractivity contribution < 1.29 is 8.42 Å². The number of rotatable bonds is 5. The van der Waals surface area contributed by atoms with Crippen LogP contribution in [0.4, 0.5) is 0 Å². The van der Waals surface area contributed by atoms with Gasteiger partial charge in [0, 0.05) is 18.2 Å². The van der Waals surface area contributed by atoms with Crippen molar-refractivity contribution in [2.75, 3.05) is 7.05 Å². The van der Waals surface area contributed by atoms with Gasteiger partial charge in [-0.05, 0) is 38.1 Å². The van der Waals surface area contributed by atoms with Crippen molar-refractivity contribution in [2.24, 2.45) is 11.8 Å². The molecule has 0 aromatic carbocycles. The zero-order valence-electron chi connectivity index (χ0n) is 11.0. The Bertz CT molecular complexity index is 554. The predicted molar refractivity (Wildman–Crippen MR) is 70.9 cm³/mol. The van der Waals surface area contributed by atoms with Crippen LogP contribution >= 0.6 is 0 Å². The highest BCUT2D eigenvalue weighted by atomic mass is 32.2. The average Bonchev–Trinajstić information content (AvgIpc) is 3.03. The van der Waals surface area contributed by atoms with Crippen LogP contribution < -0.4 is 10.0 Å². The number of sulfonamides is 1. The monoisotopic (exact) mass is 284 g/mol. The van der Waals surface area contributed by atoms with Gasteiger partial charge in [-0.1, -0.05) is 6.42 Å². The van der Waals surface area contributed by atoms with Gasteiger partial charge in [0.15, 0.2) is 5.03 Å². The quantitative estimate of drug-likeness (QED) is 0.739. The molecule has 106 valence electrons. The van der Waals surface area contributed by atoms with E-state index in [2.05, 4.69) is 20.2 Å². The molecular weight excluding hydrogens is 264 g/mol. The number of aromatic nitrogens is 2. The zero-order chi connectivity index (χ0) is 13.5. The Morgan fingerprint density at radius 2 is 2.26 bits per heavy atom. The van der Waals surface area contributed by atoms with E-state index in [1.165, 1.54) is 12.8 Å². The van der Waals surface area contributed by atoms with E-state index in [0.29, 0.717) is 18.0 Å². The second-order valence-electron chi connectivity index (χ2n) is 5.66. The lowest BCUT2D eigenvalue weighted by Gasteiger charge is -2.22. The molecule has 3 atom stereocenters. The smallest absolute Gasteiger partial charge is 0.258 e.